The van der Waals surface area contributed by atoms with Gasteiger partial charge in [-0.3, -0.25) is 4.90 Å². The lowest BCUT2D eigenvalue weighted by Crippen LogP contribution is -2.35. The third kappa shape index (κ3) is 3.31. The van der Waals surface area contributed by atoms with Gasteiger partial charge in [0.05, 0.1) is 11.5 Å². The van der Waals surface area contributed by atoms with E-state index >= 15 is 0 Å². The summed E-state index contributed by atoms with van der Waals surface area (Å²) in [7, 11) is -2.86. The molecule has 1 saturated heterocycles. The molecule has 1 unspecified atom stereocenters. The number of hydrogen-bond donors (Lipinski definition) is 1. The third-order valence-corrected chi connectivity index (χ3v) is 5.15. The number of nitrogens with two attached hydrogens (primary N) is 1. The first kappa shape index (κ1) is 13.5. The molecule has 4 nitrogen and oxygen atoms in total. The van der Waals surface area contributed by atoms with Crippen molar-refractivity contribution in [2.45, 2.75) is 12.5 Å². The lowest BCUT2D eigenvalue weighted by Gasteiger charge is -2.29. The Balaban J connectivity index is 2.14. The predicted octanol–water partition coefficient (Wildman–Crippen LogP) is 0.807. The Hall–Kier alpha value is -0.910. The molecule has 1 aromatic rings. The number of benzene rings is 1. The van der Waals surface area contributed by atoms with Gasteiger partial charge in [0.25, 0.3) is 0 Å². The molecule has 1 heterocycles. The summed E-state index contributed by atoms with van der Waals surface area (Å²) < 4.78 is 23.2. The first-order chi connectivity index (χ1) is 8.62. The fraction of sp³-hybridized carbons (Fsp3) is 0.538. The zero-order valence-electron chi connectivity index (χ0n) is 10.5. The predicted molar refractivity (Wildman–Crippen MR) is 73.1 cm³/mol. The monoisotopic (exact) mass is 268 g/mol. The molecule has 0 amide bonds. The van der Waals surface area contributed by atoms with Gasteiger partial charge in [0.15, 0.2) is 9.84 Å². The summed E-state index contributed by atoms with van der Waals surface area (Å²) >= 11 is 0. The fourth-order valence-corrected chi connectivity index (χ4v) is 3.73. The average Bonchev–Trinajstić information content (AvgIpc) is 2.54. The van der Waals surface area contributed by atoms with Gasteiger partial charge in [-0.25, -0.2) is 8.42 Å². The van der Waals surface area contributed by atoms with Gasteiger partial charge < -0.3 is 5.73 Å². The molecule has 1 aliphatic rings. The van der Waals surface area contributed by atoms with Crippen LogP contribution in [0.2, 0.25) is 0 Å². The summed E-state index contributed by atoms with van der Waals surface area (Å²) in [6, 6.07) is 10.2. The van der Waals surface area contributed by atoms with Crippen molar-refractivity contribution in [3.8, 4) is 0 Å². The van der Waals surface area contributed by atoms with Crippen molar-refractivity contribution in [2.75, 3.05) is 31.1 Å². The van der Waals surface area contributed by atoms with Crippen LogP contribution in [-0.2, 0) is 9.84 Å². The molecular weight excluding hydrogens is 248 g/mol. The van der Waals surface area contributed by atoms with Gasteiger partial charge in [-0.2, -0.15) is 0 Å². The minimum atomic E-state index is -2.86. The summed E-state index contributed by atoms with van der Waals surface area (Å²) in [6.07, 6.45) is 0.700. The highest BCUT2D eigenvalue weighted by atomic mass is 32.2. The molecule has 0 aromatic heterocycles. The Morgan fingerprint density at radius 3 is 2.56 bits per heavy atom. The standard InChI is InChI=1S/C13H20N2O2S/c14-11-13(12-5-2-1-3-6-12)15-7-4-9-18(16,17)10-8-15/h1-3,5-6,13H,4,7-11,14H2. The molecule has 18 heavy (non-hydrogen) atoms. The lowest BCUT2D eigenvalue weighted by molar-refractivity contribution is 0.218. The maximum Gasteiger partial charge on any atom is 0.151 e. The van der Waals surface area contributed by atoms with E-state index in [-0.39, 0.29) is 11.8 Å². The highest BCUT2D eigenvalue weighted by molar-refractivity contribution is 7.91. The van der Waals surface area contributed by atoms with Gasteiger partial charge in [0, 0.05) is 19.1 Å². The normalized spacial score (nSPS) is 22.3. The summed E-state index contributed by atoms with van der Waals surface area (Å²) in [5.74, 6) is 0.548. The molecule has 1 atom stereocenters. The van der Waals surface area contributed by atoms with E-state index in [2.05, 4.69) is 17.0 Å². The van der Waals surface area contributed by atoms with Gasteiger partial charge in [-0.05, 0) is 18.5 Å². The van der Waals surface area contributed by atoms with Gasteiger partial charge in [0.2, 0.25) is 0 Å². The van der Waals surface area contributed by atoms with Crippen LogP contribution in [0.3, 0.4) is 0 Å². The molecular formula is C13H20N2O2S. The van der Waals surface area contributed by atoms with Crippen LogP contribution in [0.4, 0.5) is 0 Å². The molecule has 2 rings (SSSR count). The minimum Gasteiger partial charge on any atom is -0.329 e. The van der Waals surface area contributed by atoms with Crippen LogP contribution >= 0.6 is 0 Å². The summed E-state index contributed by atoms with van der Waals surface area (Å²) in [6.45, 7) is 1.90. The zero-order chi connectivity index (χ0) is 13.0. The van der Waals surface area contributed by atoms with E-state index in [9.17, 15) is 8.42 Å². The van der Waals surface area contributed by atoms with Crippen molar-refractivity contribution in [1.82, 2.24) is 4.90 Å². The van der Waals surface area contributed by atoms with Gasteiger partial charge >= 0.3 is 0 Å². The summed E-state index contributed by atoms with van der Waals surface area (Å²) in [4.78, 5) is 2.19. The Morgan fingerprint density at radius 2 is 1.89 bits per heavy atom. The Labute approximate surface area is 109 Å². The van der Waals surface area contributed by atoms with Gasteiger partial charge in [0.1, 0.15) is 0 Å². The Bertz CT molecular complexity index is 473. The summed E-state index contributed by atoms with van der Waals surface area (Å²) in [5.41, 5.74) is 7.03. The Kier molecular flexibility index (Phi) is 4.37. The van der Waals surface area contributed by atoms with Crippen LogP contribution in [0.25, 0.3) is 0 Å². The smallest absolute Gasteiger partial charge is 0.151 e. The van der Waals surface area contributed by atoms with E-state index in [1.807, 2.05) is 18.2 Å². The highest BCUT2D eigenvalue weighted by Gasteiger charge is 2.24. The van der Waals surface area contributed by atoms with Crippen LogP contribution in [0.1, 0.15) is 18.0 Å². The maximum absolute atomic E-state index is 11.6. The molecule has 0 spiro atoms. The van der Waals surface area contributed by atoms with E-state index in [1.54, 1.807) is 0 Å². The zero-order valence-corrected chi connectivity index (χ0v) is 11.3. The van der Waals surface area contributed by atoms with E-state index in [0.717, 1.165) is 6.54 Å². The molecule has 2 N–H and O–H groups in total. The van der Waals surface area contributed by atoms with Crippen molar-refractivity contribution in [1.29, 1.82) is 0 Å². The van der Waals surface area contributed by atoms with E-state index in [0.29, 0.717) is 25.3 Å². The van der Waals surface area contributed by atoms with Crippen LogP contribution in [-0.4, -0.2) is 44.5 Å². The summed E-state index contributed by atoms with van der Waals surface area (Å²) in [5, 5.41) is 0. The van der Waals surface area contributed by atoms with Crippen LogP contribution < -0.4 is 5.73 Å². The molecule has 5 heteroatoms. The van der Waals surface area contributed by atoms with Crippen molar-refractivity contribution in [3.05, 3.63) is 35.9 Å². The number of nitrogens with zero attached hydrogens (tertiary/aromatic N) is 1. The first-order valence-corrected chi connectivity index (χ1v) is 8.14. The van der Waals surface area contributed by atoms with Gasteiger partial charge in [-0.1, -0.05) is 30.3 Å². The van der Waals surface area contributed by atoms with Crippen LogP contribution in [0, 0.1) is 0 Å². The number of sulfone groups is 1. The Morgan fingerprint density at radius 1 is 1.17 bits per heavy atom. The second-order valence-electron chi connectivity index (χ2n) is 4.70. The van der Waals surface area contributed by atoms with Crippen molar-refractivity contribution in [3.63, 3.8) is 0 Å². The second-order valence-corrected chi connectivity index (χ2v) is 7.01. The van der Waals surface area contributed by atoms with Crippen molar-refractivity contribution >= 4 is 9.84 Å². The highest BCUT2D eigenvalue weighted by Crippen LogP contribution is 2.21. The number of hydrogen-bond acceptors (Lipinski definition) is 4. The third-order valence-electron chi connectivity index (χ3n) is 3.44. The van der Waals surface area contributed by atoms with Crippen LogP contribution in [0.15, 0.2) is 30.3 Å². The fourth-order valence-electron chi connectivity index (χ4n) is 2.44. The molecule has 1 fully saturated rings. The van der Waals surface area contributed by atoms with Gasteiger partial charge in [-0.15, -0.1) is 0 Å². The SMILES string of the molecule is NCC(c1ccccc1)N1CCCS(=O)(=O)CC1. The second kappa shape index (κ2) is 5.82. The van der Waals surface area contributed by atoms with Crippen LogP contribution in [0.5, 0.6) is 0 Å². The van der Waals surface area contributed by atoms with E-state index < -0.39 is 9.84 Å². The minimum absolute atomic E-state index is 0.125. The molecule has 0 bridgehead atoms. The molecule has 0 radical (unpaired) electrons. The van der Waals surface area contributed by atoms with Crippen molar-refractivity contribution in [2.24, 2.45) is 5.73 Å². The average molecular weight is 268 g/mol. The first-order valence-electron chi connectivity index (χ1n) is 6.32. The maximum atomic E-state index is 11.6. The number of rotatable bonds is 3. The molecule has 0 saturated carbocycles. The lowest BCUT2D eigenvalue weighted by atomic mass is 10.1. The topological polar surface area (TPSA) is 63.4 Å². The van der Waals surface area contributed by atoms with Crippen molar-refractivity contribution < 1.29 is 8.42 Å². The molecule has 1 aromatic carbocycles. The molecule has 0 aliphatic carbocycles. The largest absolute Gasteiger partial charge is 0.329 e. The van der Waals surface area contributed by atoms with E-state index in [1.165, 1.54) is 5.56 Å². The molecule has 100 valence electrons. The quantitative estimate of drug-likeness (QED) is 0.881. The molecule has 1 aliphatic heterocycles. The van der Waals surface area contributed by atoms with E-state index in [4.69, 9.17) is 5.73 Å².